The minimum absolute atomic E-state index is 0.0107. The molecule has 1 fully saturated rings. The molecule has 4 rings (SSSR count). The molecule has 0 spiro atoms. The number of nitrogens with one attached hydrogen (secondary N) is 2. The molecule has 0 saturated carbocycles. The summed E-state index contributed by atoms with van der Waals surface area (Å²) in [5.41, 5.74) is 2.80. The molecule has 2 aromatic carbocycles. The minimum Gasteiger partial charge on any atom is -0.454 e. The first-order valence-corrected chi connectivity index (χ1v) is 10.5. The van der Waals surface area contributed by atoms with E-state index in [0.717, 1.165) is 31.7 Å². The molecule has 1 saturated heterocycles. The predicted molar refractivity (Wildman–Crippen MR) is 117 cm³/mol. The molecule has 2 amide bonds. The Bertz CT molecular complexity index is 939. The Labute approximate surface area is 182 Å². The lowest BCUT2D eigenvalue weighted by atomic mass is 10.0. The van der Waals surface area contributed by atoms with E-state index in [-0.39, 0.29) is 12.8 Å². The van der Waals surface area contributed by atoms with Crippen molar-refractivity contribution >= 4 is 17.5 Å². The number of nitrogens with zero attached hydrogens (tertiary/aromatic N) is 2. The lowest BCUT2D eigenvalue weighted by Gasteiger charge is -2.38. The number of ether oxygens (including phenoxy) is 2. The van der Waals surface area contributed by atoms with Crippen molar-refractivity contribution in [3.63, 3.8) is 0 Å². The van der Waals surface area contributed by atoms with Crippen molar-refractivity contribution in [2.24, 2.45) is 0 Å². The van der Waals surface area contributed by atoms with E-state index >= 15 is 0 Å². The van der Waals surface area contributed by atoms with Crippen LogP contribution in [0.3, 0.4) is 0 Å². The Hall–Kier alpha value is -3.10. The maximum Gasteiger partial charge on any atom is 0.313 e. The molecule has 2 heterocycles. The lowest BCUT2D eigenvalue weighted by Crippen LogP contribution is -2.49. The van der Waals surface area contributed by atoms with Crippen LogP contribution in [-0.2, 0) is 9.59 Å². The van der Waals surface area contributed by atoms with Crippen molar-refractivity contribution in [2.45, 2.75) is 13.0 Å². The zero-order chi connectivity index (χ0) is 21.8. The van der Waals surface area contributed by atoms with Crippen LogP contribution in [-0.4, -0.2) is 68.2 Å². The molecule has 2 aromatic rings. The first-order chi connectivity index (χ1) is 15.0. The molecule has 2 N–H and O–H groups in total. The Morgan fingerprint density at radius 3 is 2.42 bits per heavy atom. The monoisotopic (exact) mass is 424 g/mol. The number of hydrogen-bond acceptors (Lipinski definition) is 6. The second-order valence-electron chi connectivity index (χ2n) is 8.00. The van der Waals surface area contributed by atoms with Crippen LogP contribution in [0.2, 0.25) is 0 Å². The van der Waals surface area contributed by atoms with Gasteiger partial charge in [0, 0.05) is 44.5 Å². The van der Waals surface area contributed by atoms with Gasteiger partial charge in [0.1, 0.15) is 0 Å². The third kappa shape index (κ3) is 5.15. The fourth-order valence-electron chi connectivity index (χ4n) is 3.81. The highest BCUT2D eigenvalue weighted by molar-refractivity contribution is 6.39. The molecule has 164 valence electrons. The summed E-state index contributed by atoms with van der Waals surface area (Å²) in [4.78, 5) is 29.6. The molecule has 0 aliphatic carbocycles. The molecular weight excluding hydrogens is 396 g/mol. The summed E-state index contributed by atoms with van der Waals surface area (Å²) < 4.78 is 10.6. The number of carbonyl (C=O) groups is 2. The van der Waals surface area contributed by atoms with Gasteiger partial charge in [-0.05, 0) is 31.7 Å². The second-order valence-corrected chi connectivity index (χ2v) is 8.00. The van der Waals surface area contributed by atoms with Crippen molar-refractivity contribution < 1.29 is 19.1 Å². The first-order valence-electron chi connectivity index (χ1n) is 10.5. The predicted octanol–water partition coefficient (Wildman–Crippen LogP) is 1.77. The molecule has 0 unspecified atom stereocenters. The standard InChI is InChI=1S/C23H28N4O4/c1-16-3-5-17(6-4-16)19(27-11-9-26(2)10-12-27)14-24-22(28)23(29)25-18-7-8-20-21(13-18)31-15-30-20/h3-8,13,19H,9-12,14-15H2,1-2H3,(H,24,28)(H,25,29)/t19-/m0/s1. The van der Waals surface area contributed by atoms with Gasteiger partial charge in [0.05, 0.1) is 6.04 Å². The number of amides is 2. The van der Waals surface area contributed by atoms with Crippen LogP contribution in [0.5, 0.6) is 11.5 Å². The van der Waals surface area contributed by atoms with Crippen molar-refractivity contribution in [3.05, 3.63) is 53.6 Å². The van der Waals surface area contributed by atoms with Gasteiger partial charge in [-0.3, -0.25) is 14.5 Å². The van der Waals surface area contributed by atoms with E-state index in [4.69, 9.17) is 9.47 Å². The van der Waals surface area contributed by atoms with Gasteiger partial charge in [0.2, 0.25) is 6.79 Å². The van der Waals surface area contributed by atoms with Crippen LogP contribution in [0, 0.1) is 6.92 Å². The molecule has 2 aliphatic heterocycles. The summed E-state index contributed by atoms with van der Waals surface area (Å²) in [7, 11) is 2.11. The summed E-state index contributed by atoms with van der Waals surface area (Å²) in [5, 5.41) is 5.44. The van der Waals surface area contributed by atoms with Gasteiger partial charge in [-0.25, -0.2) is 0 Å². The fourth-order valence-corrected chi connectivity index (χ4v) is 3.81. The average molecular weight is 425 g/mol. The third-order valence-corrected chi connectivity index (χ3v) is 5.73. The van der Waals surface area contributed by atoms with Gasteiger partial charge in [-0.15, -0.1) is 0 Å². The second kappa shape index (κ2) is 9.36. The van der Waals surface area contributed by atoms with E-state index in [1.807, 2.05) is 0 Å². The number of benzene rings is 2. The number of aryl methyl sites for hydroxylation is 1. The summed E-state index contributed by atoms with van der Waals surface area (Å²) in [6.45, 7) is 6.33. The van der Waals surface area contributed by atoms with Crippen molar-refractivity contribution in [1.29, 1.82) is 0 Å². The van der Waals surface area contributed by atoms with Gasteiger partial charge in [0.25, 0.3) is 0 Å². The minimum atomic E-state index is -0.708. The molecule has 31 heavy (non-hydrogen) atoms. The van der Waals surface area contributed by atoms with Gasteiger partial charge in [-0.2, -0.15) is 0 Å². The maximum absolute atomic E-state index is 12.5. The van der Waals surface area contributed by atoms with Crippen LogP contribution in [0.15, 0.2) is 42.5 Å². The zero-order valence-corrected chi connectivity index (χ0v) is 17.9. The van der Waals surface area contributed by atoms with Crippen LogP contribution >= 0.6 is 0 Å². The van der Waals surface area contributed by atoms with E-state index in [2.05, 4.69) is 58.7 Å². The average Bonchev–Trinajstić information content (AvgIpc) is 3.24. The van der Waals surface area contributed by atoms with Crippen LogP contribution in [0.25, 0.3) is 0 Å². The molecule has 0 radical (unpaired) electrons. The Kier molecular flexibility index (Phi) is 6.39. The Balaban J connectivity index is 1.39. The summed E-state index contributed by atoms with van der Waals surface area (Å²) >= 11 is 0. The summed E-state index contributed by atoms with van der Waals surface area (Å²) in [6, 6.07) is 13.4. The van der Waals surface area contributed by atoms with Crippen molar-refractivity contribution in [1.82, 2.24) is 15.1 Å². The highest BCUT2D eigenvalue weighted by atomic mass is 16.7. The summed E-state index contributed by atoms with van der Waals surface area (Å²) in [5.74, 6) is -0.202. The van der Waals surface area contributed by atoms with Gasteiger partial charge in [-0.1, -0.05) is 29.8 Å². The largest absolute Gasteiger partial charge is 0.454 e. The number of hydrogen-bond donors (Lipinski definition) is 2. The van der Waals surface area contributed by atoms with Crippen LogP contribution in [0.1, 0.15) is 17.2 Å². The van der Waals surface area contributed by atoms with Gasteiger partial charge < -0.3 is 25.0 Å². The van der Waals surface area contributed by atoms with Gasteiger partial charge in [0.15, 0.2) is 11.5 Å². The highest BCUT2D eigenvalue weighted by Gasteiger charge is 2.25. The normalized spacial score (nSPS) is 17.2. The summed E-state index contributed by atoms with van der Waals surface area (Å²) in [6.07, 6.45) is 0. The number of rotatable bonds is 5. The Morgan fingerprint density at radius 1 is 0.968 bits per heavy atom. The number of piperazine rings is 1. The SMILES string of the molecule is Cc1ccc([C@H](CNC(=O)C(=O)Nc2ccc3c(c2)OCO3)N2CCN(C)CC2)cc1. The Morgan fingerprint density at radius 2 is 1.68 bits per heavy atom. The molecule has 0 bridgehead atoms. The van der Waals surface area contributed by atoms with E-state index in [9.17, 15) is 9.59 Å². The molecule has 1 atom stereocenters. The topological polar surface area (TPSA) is 83.1 Å². The quantitative estimate of drug-likeness (QED) is 0.712. The van der Waals surface area contributed by atoms with E-state index in [1.165, 1.54) is 5.56 Å². The molecule has 8 heteroatoms. The third-order valence-electron chi connectivity index (χ3n) is 5.73. The highest BCUT2D eigenvalue weighted by Crippen LogP contribution is 2.34. The van der Waals surface area contributed by atoms with E-state index in [0.29, 0.717) is 23.7 Å². The molecule has 8 nitrogen and oxygen atoms in total. The fraction of sp³-hybridized carbons (Fsp3) is 0.391. The zero-order valence-electron chi connectivity index (χ0n) is 17.9. The van der Waals surface area contributed by atoms with Crippen LogP contribution < -0.4 is 20.1 Å². The molecule has 2 aliphatic rings. The first kappa shape index (κ1) is 21.1. The van der Waals surface area contributed by atoms with Crippen LogP contribution in [0.4, 0.5) is 5.69 Å². The molecular formula is C23H28N4O4. The maximum atomic E-state index is 12.5. The lowest BCUT2D eigenvalue weighted by molar-refractivity contribution is -0.136. The van der Waals surface area contributed by atoms with E-state index in [1.54, 1.807) is 18.2 Å². The number of carbonyl (C=O) groups excluding carboxylic acids is 2. The smallest absolute Gasteiger partial charge is 0.313 e. The van der Waals surface area contributed by atoms with Crippen molar-refractivity contribution in [3.8, 4) is 11.5 Å². The van der Waals surface area contributed by atoms with E-state index < -0.39 is 11.8 Å². The van der Waals surface area contributed by atoms with Gasteiger partial charge >= 0.3 is 11.8 Å². The molecule has 0 aromatic heterocycles. The number of likely N-dealkylation sites (N-methyl/N-ethyl adjacent to an activating group) is 1. The van der Waals surface area contributed by atoms with Crippen molar-refractivity contribution in [2.75, 3.05) is 51.9 Å². The number of fused-ring (bicyclic) bond motifs is 1. The number of anilines is 1.